The first-order valence-corrected chi connectivity index (χ1v) is 9.73. The molecule has 4 aromatic rings. The molecule has 1 aliphatic heterocycles. The van der Waals surface area contributed by atoms with Crippen LogP contribution in [0.1, 0.15) is 17.2 Å². The quantitative estimate of drug-likeness (QED) is 0.545. The van der Waals surface area contributed by atoms with Gasteiger partial charge in [0.1, 0.15) is 0 Å². The number of para-hydroxylation sites is 1. The molecule has 0 unspecified atom stereocenters. The number of pyridine rings is 1. The summed E-state index contributed by atoms with van der Waals surface area (Å²) in [4.78, 5) is 33.3. The molecule has 9 heteroatoms. The number of carbonyl (C=O) groups is 1. The zero-order chi connectivity index (χ0) is 21.8. The van der Waals surface area contributed by atoms with Gasteiger partial charge in [0.2, 0.25) is 5.91 Å². The molecule has 1 N–H and O–H groups in total. The number of likely N-dealkylation sites (tertiary alicyclic amines) is 1. The number of halogens is 3. The Morgan fingerprint density at radius 1 is 1.13 bits per heavy atom. The van der Waals surface area contributed by atoms with Gasteiger partial charge in [-0.05, 0) is 35.9 Å². The maximum atomic E-state index is 13.5. The van der Waals surface area contributed by atoms with E-state index < -0.39 is 23.5 Å². The number of hydrogen-bond donors (Lipinski definition) is 1. The van der Waals surface area contributed by atoms with Crippen LogP contribution < -0.4 is 5.69 Å². The van der Waals surface area contributed by atoms with Crippen LogP contribution in [0.25, 0.3) is 21.9 Å². The minimum Gasteiger partial charge on any atom is -0.338 e. The second-order valence-electron chi connectivity index (χ2n) is 7.66. The smallest absolute Gasteiger partial charge is 0.338 e. The summed E-state index contributed by atoms with van der Waals surface area (Å²) in [5.74, 6) is -0.136. The van der Waals surface area contributed by atoms with E-state index >= 15 is 0 Å². The van der Waals surface area contributed by atoms with Crippen molar-refractivity contribution in [2.24, 2.45) is 0 Å². The van der Waals surface area contributed by atoms with Gasteiger partial charge in [0.25, 0.3) is 0 Å². The molecule has 158 valence electrons. The van der Waals surface area contributed by atoms with Crippen molar-refractivity contribution < 1.29 is 18.0 Å². The number of fused-ring (bicyclic) bond motifs is 2. The lowest BCUT2D eigenvalue weighted by Crippen LogP contribution is -2.53. The van der Waals surface area contributed by atoms with Crippen molar-refractivity contribution in [1.82, 2.24) is 19.4 Å². The second kappa shape index (κ2) is 6.97. The summed E-state index contributed by atoms with van der Waals surface area (Å²) in [6.45, 7) is 0.375. The Morgan fingerprint density at radius 3 is 2.71 bits per heavy atom. The second-order valence-corrected chi connectivity index (χ2v) is 7.66. The van der Waals surface area contributed by atoms with Gasteiger partial charge in [-0.25, -0.2) is 4.79 Å². The Hall–Kier alpha value is -3.62. The number of benzene rings is 2. The number of H-pyrrole nitrogens is 1. The molecule has 0 radical (unpaired) electrons. The first-order valence-electron chi connectivity index (χ1n) is 9.73. The molecule has 0 atom stereocenters. The topological polar surface area (TPSA) is 71.0 Å². The third kappa shape index (κ3) is 3.35. The Kier molecular flexibility index (Phi) is 4.35. The highest BCUT2D eigenvalue weighted by molar-refractivity contribution is 5.84. The van der Waals surface area contributed by atoms with Crippen LogP contribution in [0.4, 0.5) is 13.2 Å². The van der Waals surface area contributed by atoms with Crippen LogP contribution in [-0.2, 0) is 17.4 Å². The average Bonchev–Trinajstić information content (AvgIpc) is 3.02. The molecule has 31 heavy (non-hydrogen) atoms. The molecular weight excluding hydrogens is 409 g/mol. The van der Waals surface area contributed by atoms with Crippen LogP contribution >= 0.6 is 0 Å². The lowest BCUT2D eigenvalue weighted by Gasteiger charge is -2.40. The van der Waals surface area contributed by atoms with Crippen LogP contribution in [-0.4, -0.2) is 38.4 Å². The van der Waals surface area contributed by atoms with Crippen LogP contribution in [0, 0.1) is 0 Å². The zero-order valence-corrected chi connectivity index (χ0v) is 16.2. The first kappa shape index (κ1) is 19.3. The summed E-state index contributed by atoms with van der Waals surface area (Å²) in [5, 5.41) is 0.930. The van der Waals surface area contributed by atoms with Crippen LogP contribution in [0.3, 0.4) is 0 Å². The molecule has 0 spiro atoms. The van der Waals surface area contributed by atoms with Gasteiger partial charge in [-0.2, -0.15) is 13.2 Å². The molecule has 1 saturated heterocycles. The maximum absolute atomic E-state index is 13.5. The number of rotatable bonds is 3. The van der Waals surface area contributed by atoms with Gasteiger partial charge in [-0.15, -0.1) is 0 Å². The Labute approximate surface area is 173 Å². The minimum absolute atomic E-state index is 0.134. The van der Waals surface area contributed by atoms with E-state index in [1.807, 2.05) is 30.3 Å². The number of hydrogen-bond acceptors (Lipinski definition) is 3. The molecule has 5 rings (SSSR count). The molecule has 2 aromatic heterocycles. The molecule has 0 aliphatic carbocycles. The van der Waals surface area contributed by atoms with Gasteiger partial charge in [-0.1, -0.05) is 18.2 Å². The molecular formula is C22H17F3N4O2. The zero-order valence-electron chi connectivity index (χ0n) is 16.2. The van der Waals surface area contributed by atoms with Crippen molar-refractivity contribution in [3.05, 3.63) is 76.3 Å². The van der Waals surface area contributed by atoms with Crippen LogP contribution in [0.15, 0.2) is 59.5 Å². The summed E-state index contributed by atoms with van der Waals surface area (Å²) in [6.07, 6.45) is -2.71. The van der Waals surface area contributed by atoms with Crippen molar-refractivity contribution in [3.8, 4) is 0 Å². The largest absolute Gasteiger partial charge is 0.418 e. The molecule has 2 aromatic carbocycles. The standard InChI is InChI=1S/C22H17F3N4O2/c23-22(24,25)16-4-1-5-18-20(16)29(21(31)27-18)15-11-28(12-15)19(30)10-13-6-7-17-14(9-13)3-2-8-26-17/h1-9,15H,10-12H2,(H,27,31). The number of aromatic amines is 1. The van der Waals surface area contributed by atoms with Crippen molar-refractivity contribution >= 4 is 27.8 Å². The summed E-state index contributed by atoms with van der Waals surface area (Å²) in [7, 11) is 0. The van der Waals surface area contributed by atoms with Gasteiger partial charge in [0.15, 0.2) is 0 Å². The Morgan fingerprint density at radius 2 is 1.94 bits per heavy atom. The summed E-state index contributed by atoms with van der Waals surface area (Å²) >= 11 is 0. The van der Waals surface area contributed by atoms with E-state index in [9.17, 15) is 22.8 Å². The maximum Gasteiger partial charge on any atom is 0.418 e. The summed E-state index contributed by atoms with van der Waals surface area (Å²) in [5.41, 5.74) is 0.164. The van der Waals surface area contributed by atoms with Crippen molar-refractivity contribution in [1.29, 1.82) is 0 Å². The number of alkyl halides is 3. The van der Waals surface area contributed by atoms with E-state index in [1.165, 1.54) is 12.1 Å². The molecule has 3 heterocycles. The van der Waals surface area contributed by atoms with Gasteiger partial charge in [0, 0.05) is 24.7 Å². The fraction of sp³-hybridized carbons (Fsp3) is 0.227. The van der Waals surface area contributed by atoms with Gasteiger partial charge < -0.3 is 9.88 Å². The minimum atomic E-state index is -4.58. The monoisotopic (exact) mass is 426 g/mol. The van der Waals surface area contributed by atoms with E-state index in [4.69, 9.17) is 0 Å². The Bertz CT molecular complexity index is 1370. The highest BCUT2D eigenvalue weighted by Crippen LogP contribution is 2.36. The number of amides is 1. The van der Waals surface area contributed by atoms with Gasteiger partial charge in [0.05, 0.1) is 34.6 Å². The Balaban J connectivity index is 1.36. The highest BCUT2D eigenvalue weighted by atomic mass is 19.4. The van der Waals surface area contributed by atoms with Crippen LogP contribution in [0.2, 0.25) is 0 Å². The number of aromatic nitrogens is 3. The van der Waals surface area contributed by atoms with Crippen molar-refractivity contribution in [2.45, 2.75) is 18.6 Å². The molecule has 0 saturated carbocycles. The third-order valence-corrected chi connectivity index (χ3v) is 5.65. The van der Waals surface area contributed by atoms with E-state index in [0.717, 1.165) is 27.1 Å². The number of nitrogens with one attached hydrogen (secondary N) is 1. The first-order chi connectivity index (χ1) is 14.8. The summed E-state index contributed by atoms with van der Waals surface area (Å²) in [6, 6.07) is 12.5. The van der Waals surface area contributed by atoms with E-state index in [0.29, 0.717) is 0 Å². The molecule has 1 amide bonds. The lowest BCUT2D eigenvalue weighted by molar-refractivity contribution is -0.138. The van der Waals surface area contributed by atoms with Crippen molar-refractivity contribution in [2.75, 3.05) is 13.1 Å². The fourth-order valence-electron chi connectivity index (χ4n) is 4.10. The number of carbonyl (C=O) groups excluding carboxylic acids is 1. The van der Waals surface area contributed by atoms with E-state index in [-0.39, 0.29) is 36.5 Å². The fourth-order valence-corrected chi connectivity index (χ4v) is 4.10. The molecule has 1 fully saturated rings. The average molecular weight is 426 g/mol. The highest BCUT2D eigenvalue weighted by Gasteiger charge is 2.38. The SMILES string of the molecule is O=C(Cc1ccc2ncccc2c1)N1CC(n2c(=O)[nH]c3cccc(C(F)(F)F)c32)C1. The molecule has 0 bridgehead atoms. The molecule has 1 aliphatic rings. The van der Waals surface area contributed by atoms with E-state index in [2.05, 4.69) is 9.97 Å². The van der Waals surface area contributed by atoms with Crippen LogP contribution in [0.5, 0.6) is 0 Å². The van der Waals surface area contributed by atoms with Gasteiger partial charge >= 0.3 is 11.9 Å². The molecule has 6 nitrogen and oxygen atoms in total. The summed E-state index contributed by atoms with van der Waals surface area (Å²) < 4.78 is 41.5. The van der Waals surface area contributed by atoms with Gasteiger partial charge in [-0.3, -0.25) is 14.3 Å². The predicted octanol–water partition coefficient (Wildman–Crippen LogP) is 3.52. The lowest BCUT2D eigenvalue weighted by atomic mass is 10.0. The number of imidazole rings is 1. The number of nitrogens with zero attached hydrogens (tertiary/aromatic N) is 3. The van der Waals surface area contributed by atoms with Crippen molar-refractivity contribution in [3.63, 3.8) is 0 Å². The van der Waals surface area contributed by atoms with E-state index in [1.54, 1.807) is 11.1 Å². The normalized spacial score (nSPS) is 14.9. The third-order valence-electron chi connectivity index (χ3n) is 5.65. The predicted molar refractivity (Wildman–Crippen MR) is 109 cm³/mol.